The molecular formula is C15H20N2O4. The van der Waals surface area contributed by atoms with Gasteiger partial charge in [-0.1, -0.05) is 6.92 Å². The number of hydrogen-bond donors (Lipinski definition) is 1. The topological polar surface area (TPSA) is 71.8 Å². The van der Waals surface area contributed by atoms with E-state index in [0.29, 0.717) is 24.5 Å². The van der Waals surface area contributed by atoms with Crippen LogP contribution in [0.25, 0.3) is 0 Å². The molecule has 114 valence electrons. The summed E-state index contributed by atoms with van der Waals surface area (Å²) in [5.74, 6) is -1.05. The molecular weight excluding hydrogens is 272 g/mol. The molecule has 6 heteroatoms. The van der Waals surface area contributed by atoms with Crippen LogP contribution in [0.4, 0.5) is 0 Å². The first-order valence-corrected chi connectivity index (χ1v) is 7.48. The predicted octanol–water partition coefficient (Wildman–Crippen LogP) is 1.73. The van der Waals surface area contributed by atoms with E-state index < -0.39 is 5.97 Å². The van der Waals surface area contributed by atoms with Crippen LogP contribution in [0.15, 0.2) is 6.07 Å². The lowest BCUT2D eigenvalue weighted by molar-refractivity contribution is 0.0637. The van der Waals surface area contributed by atoms with Crippen LogP contribution in [0, 0.1) is 0 Å². The number of carbonyl (C=O) groups is 2. The summed E-state index contributed by atoms with van der Waals surface area (Å²) in [6, 6.07) is 1.79. The van der Waals surface area contributed by atoms with E-state index in [1.807, 2.05) is 9.47 Å². The lowest BCUT2D eigenvalue weighted by atomic mass is 10.1. The molecule has 1 aromatic rings. The van der Waals surface area contributed by atoms with E-state index in [4.69, 9.17) is 4.74 Å². The number of likely N-dealkylation sites (tertiary alicyclic amines) is 1. The Bertz CT molecular complexity index is 578. The Morgan fingerprint density at radius 3 is 2.95 bits per heavy atom. The van der Waals surface area contributed by atoms with Gasteiger partial charge in [0.15, 0.2) is 0 Å². The van der Waals surface area contributed by atoms with Crippen molar-refractivity contribution in [2.45, 2.75) is 45.4 Å². The van der Waals surface area contributed by atoms with Crippen molar-refractivity contribution >= 4 is 11.9 Å². The number of amides is 1. The molecule has 0 aliphatic carbocycles. The van der Waals surface area contributed by atoms with E-state index in [1.165, 1.54) is 6.07 Å². The molecule has 1 fully saturated rings. The van der Waals surface area contributed by atoms with Crippen molar-refractivity contribution in [1.29, 1.82) is 0 Å². The molecule has 1 aromatic heterocycles. The molecule has 0 saturated carbocycles. The molecule has 2 aliphatic rings. The lowest BCUT2D eigenvalue weighted by Gasteiger charge is -2.25. The lowest BCUT2D eigenvalue weighted by Crippen LogP contribution is -2.37. The number of carboxylic acid groups (broad SMARTS) is 1. The summed E-state index contributed by atoms with van der Waals surface area (Å²) in [6.45, 7) is 4.15. The minimum absolute atomic E-state index is 0.0463. The molecule has 21 heavy (non-hydrogen) atoms. The molecule has 0 radical (unpaired) electrons. The Morgan fingerprint density at radius 2 is 2.24 bits per heavy atom. The summed E-state index contributed by atoms with van der Waals surface area (Å²) >= 11 is 0. The summed E-state index contributed by atoms with van der Waals surface area (Å²) in [7, 11) is 0. The first kappa shape index (κ1) is 14.1. The van der Waals surface area contributed by atoms with E-state index in [1.54, 1.807) is 0 Å². The highest BCUT2D eigenvalue weighted by atomic mass is 16.5. The van der Waals surface area contributed by atoms with Crippen LogP contribution in [0.2, 0.25) is 0 Å². The second-order valence-corrected chi connectivity index (χ2v) is 5.60. The van der Waals surface area contributed by atoms with Crippen molar-refractivity contribution in [3.8, 4) is 0 Å². The Morgan fingerprint density at radius 1 is 1.43 bits per heavy atom. The fourth-order valence-corrected chi connectivity index (χ4v) is 3.36. The Hall–Kier alpha value is -1.82. The van der Waals surface area contributed by atoms with Gasteiger partial charge in [-0.25, -0.2) is 4.79 Å². The monoisotopic (exact) mass is 292 g/mol. The maximum Gasteiger partial charge on any atom is 0.337 e. The highest BCUT2D eigenvalue weighted by Crippen LogP contribution is 2.26. The third kappa shape index (κ3) is 2.33. The molecule has 0 unspecified atom stereocenters. The molecule has 2 aliphatic heterocycles. The smallest absolute Gasteiger partial charge is 0.337 e. The fraction of sp³-hybridized carbons (Fsp3) is 0.600. The third-order valence-corrected chi connectivity index (χ3v) is 4.47. The number of ether oxygens (including phenoxy) is 1. The largest absolute Gasteiger partial charge is 0.478 e. The molecule has 0 spiro atoms. The van der Waals surface area contributed by atoms with E-state index in [0.717, 1.165) is 25.8 Å². The predicted molar refractivity (Wildman–Crippen MR) is 75.4 cm³/mol. The fourth-order valence-electron chi connectivity index (χ4n) is 3.36. The molecule has 1 N–H and O–H groups in total. The van der Waals surface area contributed by atoms with E-state index in [9.17, 15) is 14.7 Å². The van der Waals surface area contributed by atoms with Gasteiger partial charge in [-0.3, -0.25) is 4.79 Å². The van der Waals surface area contributed by atoms with Crippen LogP contribution >= 0.6 is 0 Å². The highest BCUT2D eigenvalue weighted by molar-refractivity contribution is 5.98. The summed E-state index contributed by atoms with van der Waals surface area (Å²) in [6.07, 6.45) is 2.99. The minimum Gasteiger partial charge on any atom is -0.478 e. The first-order valence-electron chi connectivity index (χ1n) is 7.48. The number of rotatable bonds is 3. The number of nitrogens with zero attached hydrogens (tertiary/aromatic N) is 2. The van der Waals surface area contributed by atoms with Gasteiger partial charge >= 0.3 is 5.97 Å². The van der Waals surface area contributed by atoms with Gasteiger partial charge in [0.1, 0.15) is 5.69 Å². The van der Waals surface area contributed by atoms with E-state index in [-0.39, 0.29) is 24.1 Å². The van der Waals surface area contributed by atoms with Gasteiger partial charge in [-0.15, -0.1) is 0 Å². The quantitative estimate of drug-likeness (QED) is 0.921. The SMILES string of the molecule is CC[C@H]1CCCN1C(=O)c1cc(C(=O)O)c2n1CCOC2. The number of aromatic nitrogens is 1. The van der Waals surface area contributed by atoms with Gasteiger partial charge in [-0.05, 0) is 25.3 Å². The zero-order chi connectivity index (χ0) is 15.0. The number of carbonyl (C=O) groups excluding carboxylic acids is 1. The van der Waals surface area contributed by atoms with Gasteiger partial charge in [0.25, 0.3) is 5.91 Å². The molecule has 0 aromatic carbocycles. The summed E-state index contributed by atoms with van der Waals surface area (Å²) < 4.78 is 7.16. The van der Waals surface area contributed by atoms with Gasteiger partial charge in [-0.2, -0.15) is 0 Å². The van der Waals surface area contributed by atoms with Crippen molar-refractivity contribution < 1.29 is 19.4 Å². The molecule has 6 nitrogen and oxygen atoms in total. The van der Waals surface area contributed by atoms with Crippen molar-refractivity contribution in [3.05, 3.63) is 23.0 Å². The number of hydrogen-bond acceptors (Lipinski definition) is 3. The van der Waals surface area contributed by atoms with E-state index in [2.05, 4.69) is 6.92 Å². The van der Waals surface area contributed by atoms with Crippen molar-refractivity contribution in [3.63, 3.8) is 0 Å². The Kier molecular flexibility index (Phi) is 3.71. The maximum atomic E-state index is 12.8. The van der Waals surface area contributed by atoms with Crippen LogP contribution in [0.1, 0.15) is 52.7 Å². The van der Waals surface area contributed by atoms with Gasteiger partial charge in [0.2, 0.25) is 0 Å². The van der Waals surface area contributed by atoms with Crippen LogP contribution in [-0.2, 0) is 17.9 Å². The second-order valence-electron chi connectivity index (χ2n) is 5.60. The van der Waals surface area contributed by atoms with E-state index >= 15 is 0 Å². The Balaban J connectivity index is 1.98. The normalized spacial score (nSPS) is 21.4. The van der Waals surface area contributed by atoms with Crippen molar-refractivity contribution in [1.82, 2.24) is 9.47 Å². The van der Waals surface area contributed by atoms with Gasteiger partial charge < -0.3 is 19.3 Å². The van der Waals surface area contributed by atoms with Crippen LogP contribution in [0.5, 0.6) is 0 Å². The zero-order valence-electron chi connectivity index (χ0n) is 12.2. The molecule has 1 amide bonds. The Labute approximate surface area is 123 Å². The number of fused-ring (bicyclic) bond motifs is 1. The molecule has 1 saturated heterocycles. The molecule has 1 atom stereocenters. The van der Waals surface area contributed by atoms with Crippen LogP contribution in [-0.4, -0.2) is 45.6 Å². The van der Waals surface area contributed by atoms with Gasteiger partial charge in [0.05, 0.1) is 24.5 Å². The standard InChI is InChI=1S/C15H20N2O4/c1-2-10-4-3-5-16(10)14(18)12-8-11(15(19)20)13-9-21-7-6-17(12)13/h8,10H,2-7,9H2,1H3,(H,19,20)/t10-/m0/s1. The molecule has 3 heterocycles. The minimum atomic E-state index is -1.00. The average molecular weight is 292 g/mol. The number of carboxylic acids is 1. The maximum absolute atomic E-state index is 12.8. The zero-order valence-corrected chi connectivity index (χ0v) is 12.2. The second kappa shape index (κ2) is 5.52. The van der Waals surface area contributed by atoms with Crippen molar-refractivity contribution in [2.75, 3.05) is 13.2 Å². The first-order chi connectivity index (χ1) is 10.1. The van der Waals surface area contributed by atoms with Crippen LogP contribution in [0.3, 0.4) is 0 Å². The number of aromatic carboxylic acids is 1. The third-order valence-electron chi connectivity index (χ3n) is 4.47. The van der Waals surface area contributed by atoms with Gasteiger partial charge in [0, 0.05) is 19.1 Å². The van der Waals surface area contributed by atoms with Crippen LogP contribution < -0.4 is 0 Å². The highest BCUT2D eigenvalue weighted by Gasteiger charge is 2.32. The summed E-state index contributed by atoms with van der Waals surface area (Å²) in [4.78, 5) is 26.0. The van der Waals surface area contributed by atoms with Crippen molar-refractivity contribution in [2.24, 2.45) is 0 Å². The molecule has 3 rings (SSSR count). The summed E-state index contributed by atoms with van der Waals surface area (Å²) in [5, 5.41) is 9.31. The summed E-state index contributed by atoms with van der Waals surface area (Å²) in [5.41, 5.74) is 1.28. The molecule has 0 bridgehead atoms. The average Bonchev–Trinajstić information content (AvgIpc) is 3.11.